The number of amides is 1. The summed E-state index contributed by atoms with van der Waals surface area (Å²) in [7, 11) is 1.52. The molecule has 0 spiro atoms. The van der Waals surface area contributed by atoms with E-state index in [0.29, 0.717) is 11.1 Å². The van der Waals surface area contributed by atoms with Gasteiger partial charge in [-0.3, -0.25) is 4.79 Å². The van der Waals surface area contributed by atoms with E-state index in [1.165, 1.54) is 18.0 Å². The predicted octanol–water partition coefficient (Wildman–Crippen LogP) is 3.36. The van der Waals surface area contributed by atoms with E-state index in [1.807, 2.05) is 6.07 Å². The van der Waals surface area contributed by atoms with E-state index in [4.69, 9.17) is 5.73 Å². The minimum Gasteiger partial charge on any atom is -0.340 e. The third-order valence-corrected chi connectivity index (χ3v) is 3.48. The maximum absolute atomic E-state index is 12.7. The third kappa shape index (κ3) is 4.32. The van der Waals surface area contributed by atoms with Crippen molar-refractivity contribution in [3.05, 3.63) is 71.3 Å². The van der Waals surface area contributed by atoms with Gasteiger partial charge in [0.25, 0.3) is 0 Å². The number of rotatable bonds is 4. The molecule has 2 rings (SSSR count). The number of nitrogens with two attached hydrogens (primary N) is 1. The van der Waals surface area contributed by atoms with Crippen molar-refractivity contribution in [3.8, 4) is 0 Å². The number of carbonyl (C=O) groups is 1. The monoisotopic (exact) mass is 322 g/mol. The number of halogens is 3. The first-order chi connectivity index (χ1) is 10.8. The fourth-order valence-electron chi connectivity index (χ4n) is 2.24. The molecule has 1 amide bonds. The van der Waals surface area contributed by atoms with Crippen LogP contribution in [0.1, 0.15) is 22.7 Å². The molecule has 0 saturated heterocycles. The van der Waals surface area contributed by atoms with Crippen molar-refractivity contribution in [2.24, 2.45) is 5.73 Å². The second kappa shape index (κ2) is 6.83. The number of carbonyl (C=O) groups excluding carboxylic acids is 1. The molecule has 0 aromatic heterocycles. The summed E-state index contributed by atoms with van der Waals surface area (Å²) in [6.45, 7) is 0.0588. The molecule has 3 nitrogen and oxygen atoms in total. The normalized spacial score (nSPS) is 12.7. The summed E-state index contributed by atoms with van der Waals surface area (Å²) in [5, 5.41) is 0. The molecule has 2 N–H and O–H groups in total. The first-order valence-corrected chi connectivity index (χ1v) is 7.00. The van der Waals surface area contributed by atoms with Gasteiger partial charge in [0, 0.05) is 13.6 Å². The Kier molecular flexibility index (Phi) is 5.05. The Morgan fingerprint density at radius 3 is 2.39 bits per heavy atom. The van der Waals surface area contributed by atoms with Crippen molar-refractivity contribution in [2.45, 2.75) is 18.8 Å². The highest BCUT2D eigenvalue weighted by Gasteiger charge is 2.30. The number of benzene rings is 2. The van der Waals surface area contributed by atoms with Crippen LogP contribution in [0.5, 0.6) is 0 Å². The number of nitrogens with zero attached hydrogens (tertiary/aromatic N) is 1. The van der Waals surface area contributed by atoms with Gasteiger partial charge < -0.3 is 10.6 Å². The molecule has 0 saturated carbocycles. The Morgan fingerprint density at radius 2 is 1.78 bits per heavy atom. The maximum atomic E-state index is 12.7. The van der Waals surface area contributed by atoms with Gasteiger partial charge in [-0.15, -0.1) is 0 Å². The molecule has 1 atom stereocenters. The van der Waals surface area contributed by atoms with Gasteiger partial charge in [-0.2, -0.15) is 13.2 Å². The molecule has 0 aliphatic carbocycles. The number of hydrogen-bond acceptors (Lipinski definition) is 2. The zero-order valence-corrected chi connectivity index (χ0v) is 12.5. The summed E-state index contributed by atoms with van der Waals surface area (Å²) >= 11 is 0. The van der Waals surface area contributed by atoms with E-state index in [9.17, 15) is 18.0 Å². The molecule has 0 heterocycles. The second-order valence-electron chi connectivity index (χ2n) is 5.28. The topological polar surface area (TPSA) is 46.3 Å². The van der Waals surface area contributed by atoms with Crippen molar-refractivity contribution >= 4 is 5.91 Å². The minimum absolute atomic E-state index is 0.0588. The first kappa shape index (κ1) is 17.0. The standard InChI is InChI=1S/C17H17F3N2O/c1-22(16(23)15(21)13-7-3-2-4-8-13)11-12-6-5-9-14(10-12)17(18,19)20/h2-10,15H,11,21H2,1H3. The number of hydrogen-bond donors (Lipinski definition) is 1. The van der Waals surface area contributed by atoms with Crippen LogP contribution in [0.4, 0.5) is 13.2 Å². The molecule has 6 heteroatoms. The summed E-state index contributed by atoms with van der Waals surface area (Å²) in [5.74, 6) is -0.353. The van der Waals surface area contributed by atoms with E-state index >= 15 is 0 Å². The maximum Gasteiger partial charge on any atom is 0.416 e. The highest BCUT2D eigenvalue weighted by molar-refractivity contribution is 5.82. The van der Waals surface area contributed by atoms with E-state index < -0.39 is 17.8 Å². The van der Waals surface area contributed by atoms with E-state index in [1.54, 1.807) is 30.3 Å². The second-order valence-corrected chi connectivity index (χ2v) is 5.28. The number of alkyl halides is 3. The van der Waals surface area contributed by atoms with Crippen LogP contribution in [0.15, 0.2) is 54.6 Å². The van der Waals surface area contributed by atoms with Gasteiger partial charge in [-0.1, -0.05) is 42.5 Å². The van der Waals surface area contributed by atoms with Crippen LogP contribution in [0.25, 0.3) is 0 Å². The van der Waals surface area contributed by atoms with Gasteiger partial charge in [-0.25, -0.2) is 0 Å². The average molecular weight is 322 g/mol. The minimum atomic E-state index is -4.40. The summed E-state index contributed by atoms with van der Waals surface area (Å²) in [5.41, 5.74) is 6.25. The van der Waals surface area contributed by atoms with Crippen LogP contribution in [-0.2, 0) is 17.5 Å². The highest BCUT2D eigenvalue weighted by atomic mass is 19.4. The highest BCUT2D eigenvalue weighted by Crippen LogP contribution is 2.29. The van der Waals surface area contributed by atoms with Crippen LogP contribution in [0.2, 0.25) is 0 Å². The van der Waals surface area contributed by atoms with Gasteiger partial charge in [0.2, 0.25) is 5.91 Å². The lowest BCUT2D eigenvalue weighted by Gasteiger charge is -2.22. The molecule has 0 bridgehead atoms. The SMILES string of the molecule is CN(Cc1cccc(C(F)(F)F)c1)C(=O)C(N)c1ccccc1. The van der Waals surface area contributed by atoms with E-state index in [-0.39, 0.29) is 12.5 Å². The molecule has 2 aromatic carbocycles. The van der Waals surface area contributed by atoms with Crippen LogP contribution in [0, 0.1) is 0 Å². The molecule has 122 valence electrons. The van der Waals surface area contributed by atoms with Gasteiger partial charge in [-0.05, 0) is 23.3 Å². The summed E-state index contributed by atoms with van der Waals surface area (Å²) < 4.78 is 38.1. The lowest BCUT2D eigenvalue weighted by atomic mass is 10.1. The lowest BCUT2D eigenvalue weighted by molar-refractivity contribution is -0.137. The Labute approximate surface area is 132 Å². The first-order valence-electron chi connectivity index (χ1n) is 7.00. The Morgan fingerprint density at radius 1 is 1.13 bits per heavy atom. The summed E-state index contributed by atoms with van der Waals surface area (Å²) in [4.78, 5) is 13.6. The van der Waals surface area contributed by atoms with Crippen LogP contribution >= 0.6 is 0 Å². The van der Waals surface area contributed by atoms with Crippen molar-refractivity contribution in [2.75, 3.05) is 7.05 Å². The molecule has 23 heavy (non-hydrogen) atoms. The zero-order chi connectivity index (χ0) is 17.0. The van der Waals surface area contributed by atoms with E-state index in [2.05, 4.69) is 0 Å². The fraction of sp³-hybridized carbons (Fsp3) is 0.235. The molecular formula is C17H17F3N2O. The summed E-state index contributed by atoms with van der Waals surface area (Å²) in [6, 6.07) is 12.9. The van der Waals surface area contributed by atoms with Crippen molar-refractivity contribution in [3.63, 3.8) is 0 Å². The molecule has 0 aliphatic rings. The largest absolute Gasteiger partial charge is 0.416 e. The number of likely N-dealkylation sites (N-methyl/N-ethyl adjacent to an activating group) is 1. The van der Waals surface area contributed by atoms with Crippen LogP contribution < -0.4 is 5.73 Å². The molecule has 1 unspecified atom stereocenters. The summed E-state index contributed by atoms with van der Waals surface area (Å²) in [6.07, 6.45) is -4.40. The predicted molar refractivity (Wildman–Crippen MR) is 81.3 cm³/mol. The van der Waals surface area contributed by atoms with Crippen LogP contribution in [0.3, 0.4) is 0 Å². The lowest BCUT2D eigenvalue weighted by Crippen LogP contribution is -2.35. The zero-order valence-electron chi connectivity index (χ0n) is 12.5. The van der Waals surface area contributed by atoms with Gasteiger partial charge in [0.1, 0.15) is 6.04 Å². The molecular weight excluding hydrogens is 305 g/mol. The fourth-order valence-corrected chi connectivity index (χ4v) is 2.24. The third-order valence-electron chi connectivity index (χ3n) is 3.48. The Balaban J connectivity index is 2.10. The van der Waals surface area contributed by atoms with Gasteiger partial charge >= 0.3 is 6.18 Å². The molecule has 2 aromatic rings. The molecule has 0 fully saturated rings. The Hall–Kier alpha value is -2.34. The smallest absolute Gasteiger partial charge is 0.340 e. The van der Waals surface area contributed by atoms with Crippen molar-refractivity contribution < 1.29 is 18.0 Å². The van der Waals surface area contributed by atoms with Crippen molar-refractivity contribution in [1.82, 2.24) is 4.90 Å². The molecule has 0 aliphatic heterocycles. The van der Waals surface area contributed by atoms with Gasteiger partial charge in [0.05, 0.1) is 5.56 Å². The van der Waals surface area contributed by atoms with E-state index in [0.717, 1.165) is 12.1 Å². The Bertz CT molecular complexity index is 671. The van der Waals surface area contributed by atoms with Crippen molar-refractivity contribution in [1.29, 1.82) is 0 Å². The average Bonchev–Trinajstić information content (AvgIpc) is 2.53. The quantitative estimate of drug-likeness (QED) is 0.938. The molecule has 0 radical (unpaired) electrons. The van der Waals surface area contributed by atoms with Gasteiger partial charge in [0.15, 0.2) is 0 Å². The van der Waals surface area contributed by atoms with Crippen LogP contribution in [-0.4, -0.2) is 17.9 Å².